The number of nitrogens with zero attached hydrogens (tertiary/aromatic N) is 2. The Kier molecular flexibility index (Phi) is 5.65. The summed E-state index contributed by atoms with van der Waals surface area (Å²) < 4.78 is 5.57. The number of likely N-dealkylation sites (tertiary alicyclic amines) is 1. The lowest BCUT2D eigenvalue weighted by atomic mass is 9.96. The summed E-state index contributed by atoms with van der Waals surface area (Å²) in [7, 11) is 0. The van der Waals surface area contributed by atoms with Gasteiger partial charge in [0.1, 0.15) is 11.9 Å². The second kappa shape index (κ2) is 7.93. The van der Waals surface area contributed by atoms with Crippen LogP contribution in [-0.4, -0.2) is 60.1 Å². The van der Waals surface area contributed by atoms with Crippen molar-refractivity contribution < 1.29 is 14.3 Å². The average Bonchev–Trinajstić information content (AvgIpc) is 2.63. The van der Waals surface area contributed by atoms with Gasteiger partial charge in [0.05, 0.1) is 18.6 Å². The van der Waals surface area contributed by atoms with E-state index in [1.807, 2.05) is 19.9 Å². The minimum absolute atomic E-state index is 0.0261. The van der Waals surface area contributed by atoms with Crippen LogP contribution in [0.2, 0.25) is 0 Å². The van der Waals surface area contributed by atoms with Crippen molar-refractivity contribution in [2.24, 2.45) is 5.92 Å². The first-order valence-corrected chi connectivity index (χ1v) is 8.92. The SMILES string of the molecule is Cc1ccc(NC(=O)C2CCCN(C(=O)[C@H]3NCCO[C@@H]3C)C2)nc1. The summed E-state index contributed by atoms with van der Waals surface area (Å²) in [6.07, 6.45) is 3.19. The zero-order valence-electron chi connectivity index (χ0n) is 14.8. The molecule has 1 aromatic rings. The lowest BCUT2D eigenvalue weighted by molar-refractivity contribution is -0.142. The number of piperidine rings is 1. The van der Waals surface area contributed by atoms with Crippen molar-refractivity contribution in [1.29, 1.82) is 0 Å². The van der Waals surface area contributed by atoms with Gasteiger partial charge in [-0.25, -0.2) is 4.98 Å². The monoisotopic (exact) mass is 346 g/mol. The molecule has 2 N–H and O–H groups in total. The van der Waals surface area contributed by atoms with Crippen LogP contribution in [0.1, 0.15) is 25.3 Å². The van der Waals surface area contributed by atoms with E-state index < -0.39 is 0 Å². The number of hydrogen-bond donors (Lipinski definition) is 2. The summed E-state index contributed by atoms with van der Waals surface area (Å²) in [4.78, 5) is 31.3. The summed E-state index contributed by atoms with van der Waals surface area (Å²) >= 11 is 0. The Balaban J connectivity index is 1.59. The van der Waals surface area contributed by atoms with Crippen LogP contribution in [0.25, 0.3) is 0 Å². The molecule has 0 aromatic carbocycles. The van der Waals surface area contributed by atoms with E-state index >= 15 is 0 Å². The van der Waals surface area contributed by atoms with Crippen LogP contribution in [0.5, 0.6) is 0 Å². The molecule has 0 spiro atoms. The van der Waals surface area contributed by atoms with E-state index in [2.05, 4.69) is 15.6 Å². The molecular weight excluding hydrogens is 320 g/mol. The fourth-order valence-corrected chi connectivity index (χ4v) is 3.37. The van der Waals surface area contributed by atoms with Gasteiger partial charge < -0.3 is 20.3 Å². The number of ether oxygens (including phenoxy) is 1. The molecule has 3 heterocycles. The average molecular weight is 346 g/mol. The maximum atomic E-state index is 12.8. The Morgan fingerprint density at radius 1 is 1.40 bits per heavy atom. The Bertz CT molecular complexity index is 619. The molecule has 2 saturated heterocycles. The van der Waals surface area contributed by atoms with Crippen LogP contribution in [-0.2, 0) is 14.3 Å². The zero-order valence-corrected chi connectivity index (χ0v) is 14.8. The number of hydrogen-bond acceptors (Lipinski definition) is 5. The van der Waals surface area contributed by atoms with E-state index in [9.17, 15) is 9.59 Å². The lowest BCUT2D eigenvalue weighted by Crippen LogP contribution is -2.58. The van der Waals surface area contributed by atoms with Gasteiger partial charge in [0.15, 0.2) is 0 Å². The predicted molar refractivity (Wildman–Crippen MR) is 94.1 cm³/mol. The predicted octanol–water partition coefficient (Wildman–Crippen LogP) is 0.944. The third-order valence-electron chi connectivity index (χ3n) is 4.85. The van der Waals surface area contributed by atoms with Gasteiger partial charge >= 0.3 is 0 Å². The number of aryl methyl sites for hydroxylation is 1. The second-order valence-electron chi connectivity index (χ2n) is 6.84. The number of pyridine rings is 1. The molecule has 1 unspecified atom stereocenters. The van der Waals surface area contributed by atoms with Crippen molar-refractivity contribution in [3.05, 3.63) is 23.9 Å². The maximum absolute atomic E-state index is 12.8. The minimum atomic E-state index is -0.325. The highest BCUT2D eigenvalue weighted by atomic mass is 16.5. The van der Waals surface area contributed by atoms with E-state index in [-0.39, 0.29) is 29.9 Å². The first-order chi connectivity index (χ1) is 12.0. The van der Waals surface area contributed by atoms with Gasteiger partial charge in [-0.15, -0.1) is 0 Å². The minimum Gasteiger partial charge on any atom is -0.375 e. The molecule has 2 aliphatic rings. The Morgan fingerprint density at radius 2 is 2.24 bits per heavy atom. The number of amides is 2. The molecule has 0 radical (unpaired) electrons. The molecule has 0 aliphatic carbocycles. The molecule has 0 saturated carbocycles. The molecule has 7 heteroatoms. The van der Waals surface area contributed by atoms with Gasteiger partial charge in [0.25, 0.3) is 0 Å². The van der Waals surface area contributed by atoms with E-state index in [0.717, 1.165) is 18.4 Å². The van der Waals surface area contributed by atoms with E-state index in [0.29, 0.717) is 32.1 Å². The smallest absolute Gasteiger partial charge is 0.242 e. The molecule has 136 valence electrons. The van der Waals surface area contributed by atoms with Crippen molar-refractivity contribution in [2.75, 3.05) is 31.6 Å². The quantitative estimate of drug-likeness (QED) is 0.851. The number of morpholine rings is 1. The highest BCUT2D eigenvalue weighted by molar-refractivity contribution is 5.92. The van der Waals surface area contributed by atoms with E-state index in [1.54, 1.807) is 17.2 Å². The van der Waals surface area contributed by atoms with Gasteiger partial charge in [0, 0.05) is 25.8 Å². The van der Waals surface area contributed by atoms with Crippen molar-refractivity contribution in [3.63, 3.8) is 0 Å². The zero-order chi connectivity index (χ0) is 17.8. The normalized spacial score (nSPS) is 27.0. The van der Waals surface area contributed by atoms with Gasteiger partial charge in [-0.05, 0) is 38.3 Å². The molecule has 3 rings (SSSR count). The summed E-state index contributed by atoms with van der Waals surface area (Å²) in [5, 5.41) is 6.09. The van der Waals surface area contributed by atoms with E-state index in [1.165, 1.54) is 0 Å². The molecule has 2 aliphatic heterocycles. The summed E-state index contributed by atoms with van der Waals surface area (Å²) in [5.41, 5.74) is 1.05. The first kappa shape index (κ1) is 17.8. The van der Waals surface area contributed by atoms with Gasteiger partial charge in [0.2, 0.25) is 11.8 Å². The fraction of sp³-hybridized carbons (Fsp3) is 0.611. The van der Waals surface area contributed by atoms with Gasteiger partial charge in [-0.1, -0.05) is 6.07 Å². The molecular formula is C18H26N4O3. The molecule has 7 nitrogen and oxygen atoms in total. The topological polar surface area (TPSA) is 83.6 Å². The Hall–Kier alpha value is -1.99. The molecule has 25 heavy (non-hydrogen) atoms. The number of nitrogens with one attached hydrogen (secondary N) is 2. The first-order valence-electron chi connectivity index (χ1n) is 8.92. The van der Waals surface area contributed by atoms with Crippen LogP contribution < -0.4 is 10.6 Å². The third-order valence-corrected chi connectivity index (χ3v) is 4.85. The number of aromatic nitrogens is 1. The van der Waals surface area contributed by atoms with Crippen LogP contribution in [0.4, 0.5) is 5.82 Å². The van der Waals surface area contributed by atoms with Crippen molar-refractivity contribution in [2.45, 2.75) is 38.8 Å². The number of rotatable bonds is 3. The van der Waals surface area contributed by atoms with Crippen molar-refractivity contribution in [1.82, 2.24) is 15.2 Å². The fourth-order valence-electron chi connectivity index (χ4n) is 3.37. The molecule has 2 amide bonds. The standard InChI is InChI=1S/C18H26N4O3/c1-12-5-6-15(20-10-12)21-17(23)14-4-3-8-22(11-14)18(24)16-13(2)25-9-7-19-16/h5-6,10,13-14,16,19H,3-4,7-9,11H2,1-2H3,(H,20,21,23)/t13-,14?,16+/m1/s1. The van der Waals surface area contributed by atoms with Crippen LogP contribution in [0, 0.1) is 12.8 Å². The lowest BCUT2D eigenvalue weighted by Gasteiger charge is -2.37. The van der Waals surface area contributed by atoms with Gasteiger partial charge in [-0.2, -0.15) is 0 Å². The number of carbonyl (C=O) groups is 2. The Morgan fingerprint density at radius 3 is 2.96 bits per heavy atom. The highest BCUT2D eigenvalue weighted by Gasteiger charge is 2.35. The maximum Gasteiger partial charge on any atom is 0.242 e. The molecule has 1 aromatic heterocycles. The van der Waals surface area contributed by atoms with Gasteiger partial charge in [-0.3, -0.25) is 9.59 Å². The van der Waals surface area contributed by atoms with Crippen molar-refractivity contribution in [3.8, 4) is 0 Å². The summed E-state index contributed by atoms with van der Waals surface area (Å²) in [5.74, 6) is 0.295. The second-order valence-corrected chi connectivity index (χ2v) is 6.84. The Labute approximate surface area is 148 Å². The van der Waals surface area contributed by atoms with Crippen LogP contribution in [0.15, 0.2) is 18.3 Å². The third kappa shape index (κ3) is 4.35. The number of anilines is 1. The molecule has 2 fully saturated rings. The van der Waals surface area contributed by atoms with E-state index in [4.69, 9.17) is 4.74 Å². The molecule has 3 atom stereocenters. The highest BCUT2D eigenvalue weighted by Crippen LogP contribution is 2.20. The largest absolute Gasteiger partial charge is 0.375 e. The number of carbonyl (C=O) groups excluding carboxylic acids is 2. The van der Waals surface area contributed by atoms with Crippen molar-refractivity contribution >= 4 is 17.6 Å². The van der Waals surface area contributed by atoms with Crippen LogP contribution in [0.3, 0.4) is 0 Å². The molecule has 0 bridgehead atoms. The summed E-state index contributed by atoms with van der Waals surface area (Å²) in [6.45, 7) is 6.30. The van der Waals surface area contributed by atoms with Crippen LogP contribution >= 0.6 is 0 Å². The summed E-state index contributed by atoms with van der Waals surface area (Å²) in [6, 6.07) is 3.38.